The lowest BCUT2D eigenvalue weighted by atomic mass is 10.1. The Bertz CT molecular complexity index is 980. The highest BCUT2D eigenvalue weighted by Gasteiger charge is 2.39. The largest absolute Gasteiger partial charge is 0.471 e. The maximum Gasteiger partial charge on any atom is 0.471 e. The highest BCUT2D eigenvalue weighted by atomic mass is 35.5. The quantitative estimate of drug-likeness (QED) is 0.516. The lowest BCUT2D eigenvalue weighted by Gasteiger charge is -2.21. The van der Waals surface area contributed by atoms with Crippen molar-refractivity contribution in [3.63, 3.8) is 0 Å². The number of hydrogen-bond donors (Lipinski definition) is 0. The van der Waals surface area contributed by atoms with Gasteiger partial charge in [-0.05, 0) is 12.1 Å². The van der Waals surface area contributed by atoms with E-state index in [-0.39, 0.29) is 4.31 Å². The number of carbonyl (C=O) groups excluding carboxylic acids is 1. The molecule has 0 saturated heterocycles. The summed E-state index contributed by atoms with van der Waals surface area (Å²) in [5.74, 6) is -3.82. The second-order valence-corrected chi connectivity index (χ2v) is 7.47. The van der Waals surface area contributed by atoms with Crippen molar-refractivity contribution in [1.82, 2.24) is 10.1 Å². The van der Waals surface area contributed by atoms with Crippen molar-refractivity contribution in [1.29, 1.82) is 0 Å². The Kier molecular flexibility index (Phi) is 5.87. The second-order valence-electron chi connectivity index (χ2n) is 4.66. The van der Waals surface area contributed by atoms with Crippen molar-refractivity contribution in [2.45, 2.75) is 6.18 Å². The number of sulfonamides is 1. The fourth-order valence-electron chi connectivity index (χ4n) is 1.81. The molecule has 15 heteroatoms. The highest BCUT2D eigenvalue weighted by molar-refractivity contribution is 7.94. The molecule has 0 fully saturated rings. The van der Waals surface area contributed by atoms with Crippen LogP contribution in [0.3, 0.4) is 0 Å². The molecule has 1 heterocycles. The van der Waals surface area contributed by atoms with Gasteiger partial charge in [0.05, 0.1) is 23.4 Å². The van der Waals surface area contributed by atoms with E-state index < -0.39 is 61.3 Å². The fourth-order valence-corrected chi connectivity index (χ4v) is 3.23. The second kappa shape index (κ2) is 7.48. The number of anilines is 1. The van der Waals surface area contributed by atoms with Gasteiger partial charge in [0.25, 0.3) is 10.0 Å². The number of rotatable bonds is 4. The number of alkyl halides is 4. The van der Waals surface area contributed by atoms with Crippen LogP contribution in [0.1, 0.15) is 5.89 Å². The first-order valence-corrected chi connectivity index (χ1v) is 9.01. The molecule has 0 saturated carbocycles. The third-order valence-corrected chi connectivity index (χ3v) is 5.23. The molecule has 2 rings (SSSR count). The zero-order valence-corrected chi connectivity index (χ0v) is 15.2. The molecule has 8 nitrogen and oxygen atoms in total. The van der Waals surface area contributed by atoms with Gasteiger partial charge in [-0.3, -0.25) is 0 Å². The van der Waals surface area contributed by atoms with Gasteiger partial charge in [-0.2, -0.15) is 22.5 Å². The predicted octanol–water partition coefficient (Wildman–Crippen LogP) is 3.65. The third kappa shape index (κ3) is 4.25. The number of carbonyl (C=O) groups is 1. The summed E-state index contributed by atoms with van der Waals surface area (Å²) in [7, 11) is -3.65. The SMILES string of the molecule is COC(=O)N(c1cc(-c2noc(C(F)(F)F)n2)c(F)cc1Cl)S(=O)(=O)CCl. The zero-order chi connectivity index (χ0) is 20.6. The summed E-state index contributed by atoms with van der Waals surface area (Å²) in [5.41, 5.74) is -1.36. The molecule has 0 aliphatic heterocycles. The number of benzene rings is 1. The van der Waals surface area contributed by atoms with Crippen LogP contribution in [0.5, 0.6) is 0 Å². The molecule has 148 valence electrons. The fraction of sp³-hybridized carbons (Fsp3) is 0.250. The van der Waals surface area contributed by atoms with Crippen LogP contribution in [0.2, 0.25) is 5.02 Å². The van der Waals surface area contributed by atoms with Gasteiger partial charge in [0.15, 0.2) is 0 Å². The van der Waals surface area contributed by atoms with Crippen LogP contribution < -0.4 is 4.31 Å². The van der Waals surface area contributed by atoms with Crippen molar-refractivity contribution in [2.24, 2.45) is 0 Å². The average Bonchev–Trinajstić information content (AvgIpc) is 3.06. The van der Waals surface area contributed by atoms with Crippen molar-refractivity contribution < 1.29 is 40.0 Å². The smallest absolute Gasteiger partial charge is 0.452 e. The molecule has 0 aliphatic carbocycles. The summed E-state index contributed by atoms with van der Waals surface area (Å²) in [6.07, 6.45) is -6.43. The minimum absolute atomic E-state index is 0.0238. The molecule has 1 amide bonds. The van der Waals surface area contributed by atoms with Crippen molar-refractivity contribution in [3.05, 3.63) is 28.9 Å². The lowest BCUT2D eigenvalue weighted by Crippen LogP contribution is -2.37. The minimum Gasteiger partial charge on any atom is -0.452 e. The van der Waals surface area contributed by atoms with Crippen molar-refractivity contribution >= 4 is 45.0 Å². The van der Waals surface area contributed by atoms with Crippen LogP contribution in [0.25, 0.3) is 11.4 Å². The van der Waals surface area contributed by atoms with Gasteiger partial charge in [0.2, 0.25) is 5.82 Å². The normalized spacial score (nSPS) is 12.1. The molecule has 0 unspecified atom stereocenters. The maximum absolute atomic E-state index is 14.1. The number of halogens is 6. The molecule has 0 N–H and O–H groups in total. The van der Waals surface area contributed by atoms with Crippen LogP contribution in [0, 0.1) is 5.82 Å². The van der Waals surface area contributed by atoms with E-state index in [9.17, 15) is 30.8 Å². The number of ether oxygens (including phenoxy) is 1. The van der Waals surface area contributed by atoms with Crippen LogP contribution in [0.15, 0.2) is 16.7 Å². The summed E-state index contributed by atoms with van der Waals surface area (Å²) in [5, 5.41) is 1.34. The Morgan fingerprint density at radius 2 is 2.00 bits per heavy atom. The Labute approximate surface area is 158 Å². The molecule has 2 aromatic rings. The molecule has 0 radical (unpaired) electrons. The summed E-state index contributed by atoms with van der Waals surface area (Å²) < 4.78 is 84.3. The van der Waals surface area contributed by atoms with Gasteiger partial charge in [-0.1, -0.05) is 16.8 Å². The van der Waals surface area contributed by atoms with Gasteiger partial charge < -0.3 is 9.26 Å². The van der Waals surface area contributed by atoms with Crippen molar-refractivity contribution in [2.75, 3.05) is 16.6 Å². The van der Waals surface area contributed by atoms with E-state index in [1.54, 1.807) is 0 Å². The predicted molar refractivity (Wildman–Crippen MR) is 84.2 cm³/mol. The van der Waals surface area contributed by atoms with Gasteiger partial charge in [-0.25, -0.2) is 17.6 Å². The van der Waals surface area contributed by atoms with Crippen LogP contribution in [-0.4, -0.2) is 37.0 Å². The third-order valence-electron chi connectivity index (χ3n) is 2.92. The molecule has 1 aromatic carbocycles. The van der Waals surface area contributed by atoms with E-state index in [2.05, 4.69) is 19.4 Å². The van der Waals surface area contributed by atoms with E-state index in [0.717, 1.165) is 7.11 Å². The lowest BCUT2D eigenvalue weighted by molar-refractivity contribution is -0.159. The summed E-state index contributed by atoms with van der Waals surface area (Å²) in [6, 6.07) is 1.19. The molecule has 0 aliphatic rings. The Morgan fingerprint density at radius 1 is 1.37 bits per heavy atom. The average molecular weight is 452 g/mol. The van der Waals surface area contributed by atoms with Crippen LogP contribution in [-0.2, 0) is 20.9 Å². The van der Waals surface area contributed by atoms with E-state index >= 15 is 0 Å². The topological polar surface area (TPSA) is 103 Å². The van der Waals surface area contributed by atoms with Crippen LogP contribution in [0.4, 0.5) is 28.0 Å². The Balaban J connectivity index is 2.68. The minimum atomic E-state index is -4.99. The number of methoxy groups -OCH3 is 1. The van der Waals surface area contributed by atoms with E-state index in [4.69, 9.17) is 23.2 Å². The molecular formula is C12H7Cl2F4N3O5S. The molecule has 0 bridgehead atoms. The molecular weight excluding hydrogens is 445 g/mol. The Hall–Kier alpha value is -2.12. The van der Waals surface area contributed by atoms with E-state index in [1.807, 2.05) is 0 Å². The summed E-state index contributed by atoms with van der Waals surface area (Å²) >= 11 is 11.1. The molecule has 0 atom stereocenters. The first kappa shape index (κ1) is 21.2. The first-order chi connectivity index (χ1) is 12.4. The van der Waals surface area contributed by atoms with Gasteiger partial charge in [0.1, 0.15) is 11.0 Å². The van der Waals surface area contributed by atoms with Gasteiger partial charge in [-0.15, -0.1) is 11.6 Å². The van der Waals surface area contributed by atoms with Crippen molar-refractivity contribution in [3.8, 4) is 11.4 Å². The summed E-state index contributed by atoms with van der Waals surface area (Å²) in [6.45, 7) is 0. The number of nitrogens with zero attached hydrogens (tertiary/aromatic N) is 3. The van der Waals surface area contributed by atoms with E-state index in [1.165, 1.54) is 0 Å². The van der Waals surface area contributed by atoms with Gasteiger partial charge in [0, 0.05) is 0 Å². The number of amides is 1. The molecule has 27 heavy (non-hydrogen) atoms. The molecule has 1 aromatic heterocycles. The molecule has 0 spiro atoms. The number of hydrogen-bond acceptors (Lipinski definition) is 7. The monoisotopic (exact) mass is 451 g/mol. The Morgan fingerprint density at radius 3 is 2.48 bits per heavy atom. The zero-order valence-electron chi connectivity index (χ0n) is 12.9. The number of aromatic nitrogens is 2. The van der Waals surface area contributed by atoms with Crippen LogP contribution >= 0.6 is 23.2 Å². The first-order valence-electron chi connectivity index (χ1n) is 6.49. The maximum atomic E-state index is 14.1. The van der Waals surface area contributed by atoms with E-state index in [0.29, 0.717) is 12.1 Å². The van der Waals surface area contributed by atoms with Gasteiger partial charge >= 0.3 is 18.2 Å². The standard InChI is InChI=1S/C12H7Cl2F4N3O5S/c1-25-11(22)21(27(23,24)4-13)8-2-5(7(15)3-6(8)14)9-19-10(26-20-9)12(16,17)18/h2-3H,4H2,1H3. The highest BCUT2D eigenvalue weighted by Crippen LogP contribution is 2.36. The summed E-state index contributed by atoms with van der Waals surface area (Å²) in [4.78, 5) is 14.8.